The molecule has 0 aromatic carbocycles. The predicted molar refractivity (Wildman–Crippen MR) is 86.1 cm³/mol. The van der Waals surface area contributed by atoms with Crippen molar-refractivity contribution in [2.45, 2.75) is 52.5 Å². The van der Waals surface area contributed by atoms with Crippen molar-refractivity contribution in [2.24, 2.45) is 0 Å². The van der Waals surface area contributed by atoms with Gasteiger partial charge in [0.25, 0.3) is 0 Å². The molecule has 3 heterocycles. The molecular formula is C16H24N6. The third kappa shape index (κ3) is 2.96. The third-order valence-corrected chi connectivity index (χ3v) is 4.22. The summed E-state index contributed by atoms with van der Waals surface area (Å²) in [6.45, 7) is 10.3. The molecule has 0 spiro atoms. The van der Waals surface area contributed by atoms with E-state index in [0.717, 1.165) is 49.1 Å². The lowest BCUT2D eigenvalue weighted by Gasteiger charge is -2.33. The molecule has 1 fully saturated rings. The molecule has 1 saturated heterocycles. The van der Waals surface area contributed by atoms with E-state index in [1.165, 1.54) is 0 Å². The molecule has 0 radical (unpaired) electrons. The van der Waals surface area contributed by atoms with Crippen LogP contribution in [0.5, 0.6) is 0 Å². The molecule has 3 rings (SSSR count). The summed E-state index contributed by atoms with van der Waals surface area (Å²) in [7, 11) is 0. The zero-order valence-corrected chi connectivity index (χ0v) is 13.8. The maximum absolute atomic E-state index is 4.60. The van der Waals surface area contributed by atoms with Crippen LogP contribution in [0.4, 0.5) is 5.82 Å². The monoisotopic (exact) mass is 300 g/mol. The van der Waals surface area contributed by atoms with Crippen LogP contribution in [0.1, 0.15) is 56.0 Å². The van der Waals surface area contributed by atoms with Gasteiger partial charge in [-0.15, -0.1) is 10.2 Å². The molecule has 0 saturated carbocycles. The largest absolute Gasteiger partial charge is 0.356 e. The van der Waals surface area contributed by atoms with Crippen molar-refractivity contribution >= 4 is 5.82 Å². The van der Waals surface area contributed by atoms with E-state index in [1.54, 1.807) is 0 Å². The van der Waals surface area contributed by atoms with E-state index in [0.29, 0.717) is 12.0 Å². The molecule has 22 heavy (non-hydrogen) atoms. The lowest BCUT2D eigenvalue weighted by atomic mass is 9.97. The summed E-state index contributed by atoms with van der Waals surface area (Å²) >= 11 is 0. The Labute approximate surface area is 131 Å². The molecule has 6 nitrogen and oxygen atoms in total. The van der Waals surface area contributed by atoms with Gasteiger partial charge in [-0.3, -0.25) is 0 Å². The Hall–Kier alpha value is -1.98. The quantitative estimate of drug-likeness (QED) is 0.872. The smallest absolute Gasteiger partial charge is 0.137 e. The van der Waals surface area contributed by atoms with E-state index < -0.39 is 0 Å². The highest BCUT2D eigenvalue weighted by molar-refractivity contribution is 5.40. The summed E-state index contributed by atoms with van der Waals surface area (Å²) < 4.78 is 2.19. The summed E-state index contributed by atoms with van der Waals surface area (Å²) in [5, 5.41) is 8.49. The summed E-state index contributed by atoms with van der Waals surface area (Å²) in [5.74, 6) is 3.38. The van der Waals surface area contributed by atoms with Gasteiger partial charge in [0.1, 0.15) is 23.8 Å². The van der Waals surface area contributed by atoms with Crippen molar-refractivity contribution < 1.29 is 0 Å². The number of aryl methyl sites for hydroxylation is 2. The van der Waals surface area contributed by atoms with E-state index in [9.17, 15) is 0 Å². The fraction of sp³-hybridized carbons (Fsp3) is 0.625. The second-order valence-electron chi connectivity index (χ2n) is 6.39. The molecule has 2 aromatic heterocycles. The van der Waals surface area contributed by atoms with Gasteiger partial charge in [-0.1, -0.05) is 0 Å². The number of rotatable bonds is 3. The fourth-order valence-electron chi connectivity index (χ4n) is 3.20. The molecule has 1 unspecified atom stereocenters. The molecule has 1 atom stereocenters. The van der Waals surface area contributed by atoms with Gasteiger partial charge >= 0.3 is 0 Å². The minimum Gasteiger partial charge on any atom is -0.356 e. The van der Waals surface area contributed by atoms with Crippen molar-refractivity contribution in [3.63, 3.8) is 0 Å². The standard InChI is InChI=1S/C16H24N6/c1-11(2)22-10-17-20-16(22)14-6-5-7-21(9-14)15-8-12(3)18-13(4)19-15/h8,10-11,14H,5-7,9H2,1-4H3. The third-order valence-electron chi connectivity index (χ3n) is 4.22. The first-order chi connectivity index (χ1) is 10.5. The van der Waals surface area contributed by atoms with Crippen molar-refractivity contribution in [1.82, 2.24) is 24.7 Å². The normalized spacial score (nSPS) is 19.0. The molecule has 0 bridgehead atoms. The van der Waals surface area contributed by atoms with Crippen LogP contribution in [0.15, 0.2) is 12.4 Å². The Kier molecular flexibility index (Phi) is 4.09. The number of hydrogen-bond acceptors (Lipinski definition) is 5. The Morgan fingerprint density at radius 2 is 2.05 bits per heavy atom. The Morgan fingerprint density at radius 3 is 2.77 bits per heavy atom. The summed E-state index contributed by atoms with van der Waals surface area (Å²) in [6, 6.07) is 2.46. The van der Waals surface area contributed by atoms with Gasteiger partial charge in [-0.2, -0.15) is 0 Å². The van der Waals surface area contributed by atoms with E-state index in [2.05, 4.69) is 49.5 Å². The Bertz CT molecular complexity index is 628. The van der Waals surface area contributed by atoms with E-state index in [4.69, 9.17) is 0 Å². The van der Waals surface area contributed by atoms with Gasteiger partial charge in [0.2, 0.25) is 0 Å². The Morgan fingerprint density at radius 1 is 1.23 bits per heavy atom. The summed E-state index contributed by atoms with van der Waals surface area (Å²) in [4.78, 5) is 11.3. The van der Waals surface area contributed by atoms with Gasteiger partial charge < -0.3 is 9.47 Å². The van der Waals surface area contributed by atoms with Gasteiger partial charge in [0.05, 0.1) is 0 Å². The maximum atomic E-state index is 4.60. The topological polar surface area (TPSA) is 59.7 Å². The van der Waals surface area contributed by atoms with Crippen LogP contribution in [-0.4, -0.2) is 37.8 Å². The van der Waals surface area contributed by atoms with E-state index in [-0.39, 0.29) is 0 Å². The molecule has 0 N–H and O–H groups in total. The van der Waals surface area contributed by atoms with Crippen LogP contribution in [0.2, 0.25) is 0 Å². The summed E-state index contributed by atoms with van der Waals surface area (Å²) in [5.41, 5.74) is 1.02. The first kappa shape index (κ1) is 14.9. The molecule has 6 heteroatoms. The summed E-state index contributed by atoms with van der Waals surface area (Å²) in [6.07, 6.45) is 4.15. The van der Waals surface area contributed by atoms with E-state index in [1.807, 2.05) is 20.2 Å². The number of anilines is 1. The number of aromatic nitrogens is 5. The second kappa shape index (κ2) is 6.02. The highest BCUT2D eigenvalue weighted by atomic mass is 15.3. The molecule has 118 valence electrons. The van der Waals surface area contributed by atoms with E-state index >= 15 is 0 Å². The van der Waals surface area contributed by atoms with Crippen LogP contribution in [0.3, 0.4) is 0 Å². The molecular weight excluding hydrogens is 276 g/mol. The minimum absolute atomic E-state index is 0.393. The average Bonchev–Trinajstić information content (AvgIpc) is 2.96. The van der Waals surface area contributed by atoms with Gasteiger partial charge in [-0.05, 0) is 40.5 Å². The molecule has 0 amide bonds. The fourth-order valence-corrected chi connectivity index (χ4v) is 3.20. The van der Waals surface area contributed by atoms with Crippen LogP contribution in [0.25, 0.3) is 0 Å². The average molecular weight is 300 g/mol. The highest BCUT2D eigenvalue weighted by Crippen LogP contribution is 2.29. The van der Waals surface area contributed by atoms with Crippen LogP contribution in [-0.2, 0) is 0 Å². The van der Waals surface area contributed by atoms with Crippen molar-refractivity contribution in [2.75, 3.05) is 18.0 Å². The lowest BCUT2D eigenvalue weighted by Crippen LogP contribution is -2.36. The van der Waals surface area contributed by atoms with Crippen molar-refractivity contribution in [1.29, 1.82) is 0 Å². The van der Waals surface area contributed by atoms with Gasteiger partial charge in [0.15, 0.2) is 0 Å². The number of nitrogens with zero attached hydrogens (tertiary/aromatic N) is 6. The second-order valence-corrected chi connectivity index (χ2v) is 6.39. The lowest BCUT2D eigenvalue weighted by molar-refractivity contribution is 0.453. The molecule has 1 aliphatic rings. The Balaban J connectivity index is 1.83. The van der Waals surface area contributed by atoms with Gasteiger partial charge in [0, 0.05) is 36.8 Å². The van der Waals surface area contributed by atoms with Crippen LogP contribution in [0, 0.1) is 13.8 Å². The van der Waals surface area contributed by atoms with Crippen LogP contribution >= 0.6 is 0 Å². The van der Waals surface area contributed by atoms with Crippen LogP contribution < -0.4 is 4.90 Å². The molecule has 0 aliphatic carbocycles. The van der Waals surface area contributed by atoms with Crippen molar-refractivity contribution in [3.8, 4) is 0 Å². The number of hydrogen-bond donors (Lipinski definition) is 0. The zero-order valence-electron chi connectivity index (χ0n) is 13.8. The zero-order chi connectivity index (χ0) is 15.7. The first-order valence-electron chi connectivity index (χ1n) is 8.01. The first-order valence-corrected chi connectivity index (χ1v) is 8.01. The highest BCUT2D eigenvalue weighted by Gasteiger charge is 2.26. The molecule has 1 aliphatic heterocycles. The van der Waals surface area contributed by atoms with Crippen molar-refractivity contribution in [3.05, 3.63) is 29.7 Å². The van der Waals surface area contributed by atoms with Gasteiger partial charge in [-0.25, -0.2) is 9.97 Å². The SMILES string of the molecule is Cc1cc(N2CCCC(c3nncn3C(C)C)C2)nc(C)n1. The predicted octanol–water partition coefficient (Wildman–Crippen LogP) is 2.65. The molecule has 2 aromatic rings. The maximum Gasteiger partial charge on any atom is 0.137 e. The minimum atomic E-state index is 0.393. The number of piperidine rings is 1.